The first-order valence-corrected chi connectivity index (χ1v) is 11.8. The molecule has 1 amide bonds. The number of nitrogens with one attached hydrogen (secondary N) is 1. The van der Waals surface area contributed by atoms with Gasteiger partial charge in [-0.2, -0.15) is 4.98 Å². The molecule has 202 valence electrons. The molecular formula is C27H26N4O8. The molecule has 0 bridgehead atoms. The Morgan fingerprint density at radius 3 is 2.38 bits per heavy atom. The van der Waals surface area contributed by atoms with Crippen molar-refractivity contribution in [3.63, 3.8) is 0 Å². The van der Waals surface area contributed by atoms with Crippen LogP contribution in [0.1, 0.15) is 5.56 Å². The number of carboxylic acids is 1. The third kappa shape index (κ3) is 6.18. The van der Waals surface area contributed by atoms with Crippen molar-refractivity contribution in [2.45, 2.75) is 6.92 Å². The Morgan fingerprint density at radius 2 is 1.67 bits per heavy atom. The van der Waals surface area contributed by atoms with Crippen LogP contribution in [0, 0.1) is 6.92 Å². The molecule has 0 spiro atoms. The van der Waals surface area contributed by atoms with Crippen molar-refractivity contribution in [3.05, 3.63) is 60.2 Å². The van der Waals surface area contributed by atoms with Gasteiger partial charge in [-0.25, -0.2) is 9.78 Å². The van der Waals surface area contributed by atoms with Crippen LogP contribution in [0.5, 0.6) is 23.1 Å². The molecule has 39 heavy (non-hydrogen) atoms. The van der Waals surface area contributed by atoms with Crippen LogP contribution < -0.4 is 19.7 Å². The molecular weight excluding hydrogens is 508 g/mol. The Bertz CT molecular complexity index is 1540. The minimum absolute atomic E-state index is 0.0139. The highest BCUT2D eigenvalue weighted by Gasteiger charge is 2.18. The van der Waals surface area contributed by atoms with Crippen molar-refractivity contribution >= 4 is 34.3 Å². The fourth-order valence-corrected chi connectivity index (χ4v) is 3.78. The lowest BCUT2D eigenvalue weighted by Gasteiger charge is -2.19. The summed E-state index contributed by atoms with van der Waals surface area (Å²) in [5.41, 5.74) is 2.04. The van der Waals surface area contributed by atoms with E-state index in [-0.39, 0.29) is 47.7 Å². The minimum Gasteiger partial charge on any atom is -0.507 e. The van der Waals surface area contributed by atoms with Gasteiger partial charge in [0, 0.05) is 13.1 Å². The van der Waals surface area contributed by atoms with Gasteiger partial charge in [0.15, 0.2) is 5.82 Å². The molecule has 0 fully saturated rings. The second-order valence-electron chi connectivity index (χ2n) is 8.51. The molecule has 0 saturated carbocycles. The lowest BCUT2D eigenvalue weighted by atomic mass is 10.1. The predicted molar refractivity (Wildman–Crippen MR) is 143 cm³/mol. The molecule has 12 heteroatoms. The summed E-state index contributed by atoms with van der Waals surface area (Å²) in [4.78, 5) is 32.1. The molecule has 0 radical (unpaired) electrons. The summed E-state index contributed by atoms with van der Waals surface area (Å²) < 4.78 is 11.7. The molecule has 1 aromatic heterocycles. The fraction of sp³-hybridized carbons (Fsp3) is 0.185. The van der Waals surface area contributed by atoms with Gasteiger partial charge in [-0.05, 0) is 42.8 Å². The summed E-state index contributed by atoms with van der Waals surface area (Å²) in [5.74, 6) is -1.09. The van der Waals surface area contributed by atoms with Gasteiger partial charge in [-0.15, -0.1) is 0 Å². The van der Waals surface area contributed by atoms with Crippen LogP contribution in [0.2, 0.25) is 0 Å². The van der Waals surface area contributed by atoms with Gasteiger partial charge >= 0.3 is 12.1 Å². The largest absolute Gasteiger partial charge is 0.507 e. The number of benzene rings is 3. The predicted octanol–water partition coefficient (Wildman–Crippen LogP) is 4.08. The van der Waals surface area contributed by atoms with Gasteiger partial charge in [-0.1, -0.05) is 18.2 Å². The number of nitrogens with zero attached hydrogens (tertiary/aromatic N) is 3. The number of aromatic hydroxyl groups is 2. The zero-order valence-corrected chi connectivity index (χ0v) is 21.1. The van der Waals surface area contributed by atoms with Crippen molar-refractivity contribution in [3.8, 4) is 34.5 Å². The smallest absolute Gasteiger partial charge is 0.411 e. The number of amides is 1. The molecule has 12 nitrogen and oxygen atoms in total. The number of carbonyl (C=O) groups is 2. The number of ether oxygens (including phenoxy) is 2. The topological polar surface area (TPSA) is 175 Å². The number of aryl methyl sites for hydroxylation is 1. The van der Waals surface area contributed by atoms with Gasteiger partial charge in [0.1, 0.15) is 37.0 Å². The Morgan fingerprint density at radius 1 is 0.949 bits per heavy atom. The van der Waals surface area contributed by atoms with Crippen molar-refractivity contribution in [2.24, 2.45) is 0 Å². The molecule has 4 rings (SSSR count). The van der Waals surface area contributed by atoms with E-state index in [0.717, 1.165) is 10.5 Å². The van der Waals surface area contributed by atoms with E-state index in [1.54, 1.807) is 42.5 Å². The quantitative estimate of drug-likeness (QED) is 0.185. The van der Waals surface area contributed by atoms with Gasteiger partial charge in [0.25, 0.3) is 0 Å². The lowest BCUT2D eigenvalue weighted by Crippen LogP contribution is -2.24. The average molecular weight is 535 g/mol. The number of hydrogen-bond donors (Lipinski definition) is 5. The molecule has 0 aliphatic heterocycles. The Balaban J connectivity index is 1.59. The number of anilines is 2. The van der Waals surface area contributed by atoms with Crippen molar-refractivity contribution in [1.82, 2.24) is 9.97 Å². The lowest BCUT2D eigenvalue weighted by molar-refractivity contribution is -0.134. The molecule has 1 heterocycles. The third-order valence-electron chi connectivity index (χ3n) is 5.71. The molecule has 0 atom stereocenters. The molecule has 0 aliphatic carbocycles. The first kappa shape index (κ1) is 26.8. The number of hydrogen-bond acceptors (Lipinski definition) is 9. The van der Waals surface area contributed by atoms with E-state index in [9.17, 15) is 24.9 Å². The van der Waals surface area contributed by atoms with Crippen LogP contribution in [-0.4, -0.2) is 69.3 Å². The zero-order chi connectivity index (χ0) is 28.1. The zero-order valence-electron chi connectivity index (χ0n) is 21.1. The number of carboxylic acid groups (broad SMARTS) is 2. The number of phenols is 1. The highest BCUT2D eigenvalue weighted by Crippen LogP contribution is 2.38. The number of rotatable bonds is 10. The van der Waals surface area contributed by atoms with Gasteiger partial charge in [0.05, 0.1) is 27.8 Å². The normalized spacial score (nSPS) is 10.7. The number of para-hydroxylation sites is 1. The van der Waals surface area contributed by atoms with E-state index in [0.29, 0.717) is 22.3 Å². The monoisotopic (exact) mass is 534 g/mol. The summed E-state index contributed by atoms with van der Waals surface area (Å²) in [7, 11) is 1.40. The average Bonchev–Trinajstić information content (AvgIpc) is 2.90. The molecule has 5 N–H and O–H groups in total. The highest BCUT2D eigenvalue weighted by atomic mass is 16.5. The summed E-state index contributed by atoms with van der Waals surface area (Å²) in [6.45, 7) is 1.41. The molecule has 0 aliphatic rings. The first-order chi connectivity index (χ1) is 18.6. The van der Waals surface area contributed by atoms with Crippen LogP contribution in [0.15, 0.2) is 54.6 Å². The van der Waals surface area contributed by atoms with Crippen molar-refractivity contribution in [1.29, 1.82) is 0 Å². The maximum Gasteiger partial charge on any atom is 0.411 e. The molecule has 3 aromatic carbocycles. The maximum absolute atomic E-state index is 11.4. The van der Waals surface area contributed by atoms with E-state index < -0.39 is 18.6 Å². The first-order valence-electron chi connectivity index (χ1n) is 11.8. The highest BCUT2D eigenvalue weighted by molar-refractivity contribution is 5.88. The van der Waals surface area contributed by atoms with Crippen LogP contribution in [-0.2, 0) is 4.79 Å². The van der Waals surface area contributed by atoms with Crippen molar-refractivity contribution < 1.29 is 39.5 Å². The fourth-order valence-electron chi connectivity index (χ4n) is 3.78. The Hall–Kier alpha value is -5.26. The maximum atomic E-state index is 11.4. The van der Waals surface area contributed by atoms with Gasteiger partial charge in [0.2, 0.25) is 5.88 Å². The van der Waals surface area contributed by atoms with Crippen molar-refractivity contribution in [2.75, 3.05) is 37.0 Å². The number of phenolic OH excluding ortho intramolecular Hbond substituents is 1. The van der Waals surface area contributed by atoms with Gasteiger partial charge in [-0.3, -0.25) is 9.69 Å². The number of fused-ring (bicyclic) bond motifs is 1. The second kappa shape index (κ2) is 11.4. The molecule has 4 aromatic rings. The Kier molecular flexibility index (Phi) is 7.85. The molecule has 0 saturated heterocycles. The minimum atomic E-state index is -1.15. The van der Waals surface area contributed by atoms with Crippen LogP contribution in [0.25, 0.3) is 22.3 Å². The summed E-state index contributed by atoms with van der Waals surface area (Å²) >= 11 is 0. The number of aliphatic carboxylic acids is 1. The van der Waals surface area contributed by atoms with E-state index in [4.69, 9.17) is 14.6 Å². The van der Waals surface area contributed by atoms with E-state index in [1.165, 1.54) is 19.2 Å². The van der Waals surface area contributed by atoms with Gasteiger partial charge < -0.3 is 35.2 Å². The van der Waals surface area contributed by atoms with Crippen LogP contribution in [0.3, 0.4) is 0 Å². The number of aromatic nitrogens is 2. The molecule has 0 unspecified atom stereocenters. The van der Waals surface area contributed by atoms with Crippen LogP contribution >= 0.6 is 0 Å². The summed E-state index contributed by atoms with van der Waals surface area (Å²) in [6, 6.07) is 14.7. The Labute approximate surface area is 222 Å². The van der Waals surface area contributed by atoms with E-state index >= 15 is 0 Å². The van der Waals surface area contributed by atoms with Crippen LogP contribution in [0.4, 0.5) is 16.2 Å². The second-order valence-corrected chi connectivity index (χ2v) is 8.51. The third-order valence-corrected chi connectivity index (χ3v) is 5.71. The summed E-state index contributed by atoms with van der Waals surface area (Å²) in [6.07, 6.45) is -1.15. The van der Waals surface area contributed by atoms with E-state index in [1.807, 2.05) is 6.92 Å². The van der Waals surface area contributed by atoms with E-state index in [2.05, 4.69) is 15.3 Å². The summed E-state index contributed by atoms with van der Waals surface area (Å²) in [5, 5.41) is 42.6. The standard InChI is InChI=1S/C27H26N4O8/c1-15-7-8-20(31(2)27(36)37)23(11-15)39-10-9-38-22-12-17(21(32)13-19(22)28-14-24(33)34)25-29-18-6-4-3-5-16(18)26(35)30-25/h3-8,11-13,28,32H,9-10,14H2,1-2H3,(H,33,34)(H,36,37)(H,29,30,35). The SMILES string of the molecule is Cc1ccc(N(C)C(=O)O)c(OCCOc2cc(-c3nc(O)c4ccccc4n3)c(O)cc2NCC(=O)O)c1.